The highest BCUT2D eigenvalue weighted by Crippen LogP contribution is 2.20. The molecule has 0 spiro atoms. The summed E-state index contributed by atoms with van der Waals surface area (Å²) in [6.07, 6.45) is 0.848. The van der Waals surface area contributed by atoms with Crippen LogP contribution in [0.1, 0.15) is 30.9 Å². The zero-order valence-corrected chi connectivity index (χ0v) is 13.4. The van der Waals surface area contributed by atoms with Crippen LogP contribution in [-0.4, -0.2) is 11.8 Å². The maximum absolute atomic E-state index is 13.1. The summed E-state index contributed by atoms with van der Waals surface area (Å²) in [4.78, 5) is 0.931. The summed E-state index contributed by atoms with van der Waals surface area (Å²) in [5, 5.41) is 0. The Hall–Kier alpha value is -1.32. The van der Waals surface area contributed by atoms with E-state index >= 15 is 0 Å². The van der Waals surface area contributed by atoms with Gasteiger partial charge in [0.1, 0.15) is 5.82 Å². The topological polar surface area (TPSA) is 26.0 Å². The molecule has 1 unspecified atom stereocenters. The molecule has 0 aliphatic rings. The molecule has 112 valence electrons. The second-order valence-electron chi connectivity index (χ2n) is 5.63. The van der Waals surface area contributed by atoms with Gasteiger partial charge in [0, 0.05) is 16.7 Å². The van der Waals surface area contributed by atoms with Gasteiger partial charge in [-0.15, -0.1) is 11.8 Å². The molecule has 1 atom stereocenters. The van der Waals surface area contributed by atoms with Crippen molar-refractivity contribution in [3.8, 4) is 0 Å². The molecule has 0 aromatic heterocycles. The monoisotopic (exact) mass is 303 g/mol. The first-order valence-corrected chi connectivity index (χ1v) is 8.26. The zero-order chi connectivity index (χ0) is 15.2. The van der Waals surface area contributed by atoms with Gasteiger partial charge < -0.3 is 5.73 Å². The normalized spacial score (nSPS) is 12.6. The molecule has 0 radical (unpaired) electrons. The Morgan fingerprint density at radius 3 is 2.43 bits per heavy atom. The van der Waals surface area contributed by atoms with Gasteiger partial charge in [0.25, 0.3) is 0 Å². The number of thioether (sulfide) groups is 1. The Morgan fingerprint density at radius 2 is 1.81 bits per heavy atom. The molecule has 21 heavy (non-hydrogen) atoms. The fraction of sp³-hybridized carbons (Fsp3) is 0.333. The molecule has 0 heterocycles. The van der Waals surface area contributed by atoms with Crippen LogP contribution in [-0.2, 0) is 6.42 Å². The number of hydrogen-bond acceptors (Lipinski definition) is 2. The van der Waals surface area contributed by atoms with Gasteiger partial charge in [-0.1, -0.05) is 44.2 Å². The summed E-state index contributed by atoms with van der Waals surface area (Å²) in [5.41, 5.74) is 8.78. The average molecular weight is 303 g/mol. The van der Waals surface area contributed by atoms with Crippen molar-refractivity contribution in [3.05, 3.63) is 65.5 Å². The Bertz CT molecular complexity index is 566. The molecule has 0 amide bonds. The lowest BCUT2D eigenvalue weighted by molar-refractivity contribution is 0.624. The molecule has 2 N–H and O–H groups in total. The van der Waals surface area contributed by atoms with Gasteiger partial charge in [-0.3, -0.25) is 0 Å². The van der Waals surface area contributed by atoms with Crippen LogP contribution in [0.2, 0.25) is 0 Å². The van der Waals surface area contributed by atoms with Crippen LogP contribution in [0.5, 0.6) is 0 Å². The Balaban J connectivity index is 1.85. The van der Waals surface area contributed by atoms with Crippen LogP contribution in [0, 0.1) is 5.82 Å². The molecule has 0 aliphatic carbocycles. The lowest BCUT2D eigenvalue weighted by atomic mass is 10.00. The lowest BCUT2D eigenvalue weighted by Crippen LogP contribution is -2.25. The molecule has 2 rings (SSSR count). The average Bonchev–Trinajstić information content (AvgIpc) is 2.46. The van der Waals surface area contributed by atoms with Crippen molar-refractivity contribution < 1.29 is 4.39 Å². The maximum atomic E-state index is 13.1. The van der Waals surface area contributed by atoms with Crippen molar-refractivity contribution in [3.63, 3.8) is 0 Å². The SMILES string of the molecule is CC(C)c1ccc(CC(N)CSc2cccc(F)c2)cc1. The van der Waals surface area contributed by atoms with Crippen LogP contribution in [0.15, 0.2) is 53.4 Å². The summed E-state index contributed by atoms with van der Waals surface area (Å²) in [7, 11) is 0. The third-order valence-corrected chi connectivity index (χ3v) is 4.59. The Labute approximate surface area is 130 Å². The van der Waals surface area contributed by atoms with Gasteiger partial charge in [-0.05, 0) is 41.7 Å². The largest absolute Gasteiger partial charge is 0.327 e. The molecule has 2 aromatic rings. The highest BCUT2D eigenvalue weighted by Gasteiger charge is 2.06. The van der Waals surface area contributed by atoms with Gasteiger partial charge in [0.05, 0.1) is 0 Å². The van der Waals surface area contributed by atoms with Crippen molar-refractivity contribution in [2.45, 2.75) is 37.1 Å². The minimum Gasteiger partial charge on any atom is -0.327 e. The van der Waals surface area contributed by atoms with E-state index in [1.54, 1.807) is 23.9 Å². The molecular formula is C18H22FNS. The van der Waals surface area contributed by atoms with E-state index in [0.717, 1.165) is 17.1 Å². The molecule has 0 saturated heterocycles. The third kappa shape index (κ3) is 5.18. The first kappa shape index (κ1) is 16.1. The molecule has 0 bridgehead atoms. The van der Waals surface area contributed by atoms with Crippen LogP contribution in [0.4, 0.5) is 4.39 Å². The zero-order valence-electron chi connectivity index (χ0n) is 12.6. The molecular weight excluding hydrogens is 281 g/mol. The van der Waals surface area contributed by atoms with Crippen molar-refractivity contribution in [1.29, 1.82) is 0 Å². The number of rotatable bonds is 6. The predicted molar refractivity (Wildman–Crippen MR) is 89.3 cm³/mol. The third-order valence-electron chi connectivity index (χ3n) is 3.40. The smallest absolute Gasteiger partial charge is 0.124 e. The van der Waals surface area contributed by atoms with E-state index in [9.17, 15) is 4.39 Å². The Morgan fingerprint density at radius 1 is 1.10 bits per heavy atom. The number of halogens is 1. The van der Waals surface area contributed by atoms with E-state index in [1.165, 1.54) is 17.2 Å². The quantitative estimate of drug-likeness (QED) is 0.789. The summed E-state index contributed by atoms with van der Waals surface area (Å²) in [6.45, 7) is 4.38. The molecule has 0 saturated carbocycles. The van der Waals surface area contributed by atoms with Crippen molar-refractivity contribution >= 4 is 11.8 Å². The Kier molecular flexibility index (Phi) is 5.83. The summed E-state index contributed by atoms with van der Waals surface area (Å²) < 4.78 is 13.1. The minimum atomic E-state index is -0.196. The molecule has 2 aromatic carbocycles. The second-order valence-corrected chi connectivity index (χ2v) is 6.72. The summed E-state index contributed by atoms with van der Waals surface area (Å²) in [5.74, 6) is 1.14. The van der Waals surface area contributed by atoms with E-state index < -0.39 is 0 Å². The number of nitrogens with two attached hydrogens (primary N) is 1. The maximum Gasteiger partial charge on any atom is 0.124 e. The van der Waals surface area contributed by atoms with E-state index in [2.05, 4.69) is 38.1 Å². The van der Waals surface area contributed by atoms with Crippen LogP contribution in [0.25, 0.3) is 0 Å². The highest BCUT2D eigenvalue weighted by molar-refractivity contribution is 7.99. The van der Waals surface area contributed by atoms with Crippen molar-refractivity contribution in [1.82, 2.24) is 0 Å². The van der Waals surface area contributed by atoms with Crippen LogP contribution >= 0.6 is 11.8 Å². The molecule has 0 aliphatic heterocycles. The van der Waals surface area contributed by atoms with E-state index in [-0.39, 0.29) is 11.9 Å². The predicted octanol–water partition coefficient (Wildman–Crippen LogP) is 4.61. The van der Waals surface area contributed by atoms with E-state index in [4.69, 9.17) is 5.73 Å². The van der Waals surface area contributed by atoms with Gasteiger partial charge in [-0.25, -0.2) is 4.39 Å². The molecule has 1 nitrogen and oxygen atoms in total. The second kappa shape index (κ2) is 7.62. The molecule has 0 fully saturated rings. The summed E-state index contributed by atoms with van der Waals surface area (Å²) >= 11 is 1.60. The van der Waals surface area contributed by atoms with Crippen LogP contribution < -0.4 is 5.73 Å². The van der Waals surface area contributed by atoms with Crippen LogP contribution in [0.3, 0.4) is 0 Å². The van der Waals surface area contributed by atoms with E-state index in [1.807, 2.05) is 6.07 Å². The van der Waals surface area contributed by atoms with Gasteiger partial charge in [0.15, 0.2) is 0 Å². The number of hydrogen-bond donors (Lipinski definition) is 1. The van der Waals surface area contributed by atoms with Crippen molar-refractivity contribution in [2.24, 2.45) is 5.73 Å². The number of benzene rings is 2. The first-order chi connectivity index (χ1) is 10.0. The first-order valence-electron chi connectivity index (χ1n) is 7.27. The fourth-order valence-electron chi connectivity index (χ4n) is 2.16. The molecule has 3 heteroatoms. The standard InChI is InChI=1S/C18H22FNS/c1-13(2)15-8-6-14(7-9-15)10-17(20)12-21-18-5-3-4-16(19)11-18/h3-9,11,13,17H,10,12,20H2,1-2H3. The van der Waals surface area contributed by atoms with Gasteiger partial charge in [-0.2, -0.15) is 0 Å². The summed E-state index contributed by atoms with van der Waals surface area (Å²) in [6, 6.07) is 15.4. The highest BCUT2D eigenvalue weighted by atomic mass is 32.2. The van der Waals surface area contributed by atoms with Crippen molar-refractivity contribution in [2.75, 3.05) is 5.75 Å². The minimum absolute atomic E-state index is 0.0724. The lowest BCUT2D eigenvalue weighted by Gasteiger charge is -2.12. The van der Waals surface area contributed by atoms with Gasteiger partial charge in [0.2, 0.25) is 0 Å². The van der Waals surface area contributed by atoms with E-state index in [0.29, 0.717) is 5.92 Å². The van der Waals surface area contributed by atoms with Gasteiger partial charge >= 0.3 is 0 Å². The fourth-order valence-corrected chi connectivity index (χ4v) is 3.06.